The number of aliphatic carboxylic acids is 1. The van der Waals surface area contributed by atoms with Gasteiger partial charge in [-0.3, -0.25) is 19.6 Å². The predicted molar refractivity (Wildman–Crippen MR) is 91.8 cm³/mol. The zero-order valence-corrected chi connectivity index (χ0v) is 13.2. The maximum atomic E-state index is 12.4. The monoisotopic (exact) mass is 336 g/mol. The Labute approximate surface area is 144 Å². The molecule has 2 aromatic rings. The van der Waals surface area contributed by atoms with Crippen molar-refractivity contribution in [1.82, 2.24) is 10.3 Å². The largest absolute Gasteiger partial charge is 0.480 e. The third kappa shape index (κ3) is 3.45. The fourth-order valence-electron chi connectivity index (χ4n) is 2.86. The number of nitrogens with zero attached hydrogens (tertiary/aromatic N) is 2. The molecule has 1 aliphatic heterocycles. The van der Waals surface area contributed by atoms with E-state index in [1.54, 1.807) is 42.7 Å². The molecule has 0 saturated carbocycles. The number of amides is 1. The standard InChI is InChI=1S/C18H16N4O3/c19-15(11-5-2-1-3-6-11)14-16(12-7-4-8-20-9-12)22-18(25)17(14)21-10-13(23)24/h1-9,14,16,19H,10H2,(H,22,25)(H,23,24). The second-order valence-corrected chi connectivity index (χ2v) is 5.59. The van der Waals surface area contributed by atoms with Crippen LogP contribution in [0.2, 0.25) is 0 Å². The summed E-state index contributed by atoms with van der Waals surface area (Å²) >= 11 is 0. The van der Waals surface area contributed by atoms with Crippen molar-refractivity contribution in [3.05, 3.63) is 66.0 Å². The molecule has 25 heavy (non-hydrogen) atoms. The summed E-state index contributed by atoms with van der Waals surface area (Å²) in [7, 11) is 0. The van der Waals surface area contributed by atoms with E-state index in [2.05, 4.69) is 15.3 Å². The van der Waals surface area contributed by atoms with Crippen LogP contribution in [0.5, 0.6) is 0 Å². The summed E-state index contributed by atoms with van der Waals surface area (Å²) in [4.78, 5) is 31.2. The molecule has 7 nitrogen and oxygen atoms in total. The van der Waals surface area contributed by atoms with Crippen LogP contribution in [0.4, 0.5) is 0 Å². The average molecular weight is 336 g/mol. The number of carboxylic acid groups (broad SMARTS) is 1. The molecule has 1 saturated heterocycles. The maximum absolute atomic E-state index is 12.4. The highest BCUT2D eigenvalue weighted by atomic mass is 16.4. The van der Waals surface area contributed by atoms with E-state index >= 15 is 0 Å². The van der Waals surface area contributed by atoms with Crippen LogP contribution in [0.15, 0.2) is 59.9 Å². The highest BCUT2D eigenvalue weighted by Gasteiger charge is 2.42. The molecule has 2 atom stereocenters. The number of benzene rings is 1. The van der Waals surface area contributed by atoms with Crippen LogP contribution in [-0.4, -0.2) is 39.9 Å². The minimum atomic E-state index is -1.13. The minimum Gasteiger partial charge on any atom is -0.480 e. The zero-order chi connectivity index (χ0) is 17.8. The number of carbonyl (C=O) groups is 2. The third-order valence-electron chi connectivity index (χ3n) is 3.97. The molecule has 2 heterocycles. The number of hydrogen-bond acceptors (Lipinski definition) is 5. The smallest absolute Gasteiger partial charge is 0.325 e. The first-order valence-electron chi connectivity index (χ1n) is 7.68. The van der Waals surface area contributed by atoms with Crippen LogP contribution >= 0.6 is 0 Å². The SMILES string of the molecule is N=C(c1ccccc1)C1C(=NCC(=O)O)C(=O)NC1c1cccnc1. The molecule has 1 aliphatic rings. The van der Waals surface area contributed by atoms with Gasteiger partial charge in [0.05, 0.1) is 17.7 Å². The van der Waals surface area contributed by atoms with E-state index in [0.29, 0.717) is 5.56 Å². The number of pyridine rings is 1. The highest BCUT2D eigenvalue weighted by Crippen LogP contribution is 2.31. The van der Waals surface area contributed by atoms with Crippen molar-refractivity contribution in [2.75, 3.05) is 6.54 Å². The van der Waals surface area contributed by atoms with Gasteiger partial charge in [-0.2, -0.15) is 0 Å². The molecule has 0 radical (unpaired) electrons. The number of aliphatic imine (C=N–C) groups is 1. The van der Waals surface area contributed by atoms with Crippen molar-refractivity contribution < 1.29 is 14.7 Å². The lowest BCUT2D eigenvalue weighted by atomic mass is 9.86. The Hall–Kier alpha value is -3.35. The fourth-order valence-corrected chi connectivity index (χ4v) is 2.86. The highest BCUT2D eigenvalue weighted by molar-refractivity contribution is 6.46. The van der Waals surface area contributed by atoms with E-state index in [-0.39, 0.29) is 11.4 Å². The Morgan fingerprint density at radius 2 is 2.00 bits per heavy atom. The van der Waals surface area contributed by atoms with Crippen LogP contribution in [0.3, 0.4) is 0 Å². The van der Waals surface area contributed by atoms with E-state index in [9.17, 15) is 9.59 Å². The average Bonchev–Trinajstić information content (AvgIpc) is 2.97. The number of rotatable bonds is 5. The Bertz CT molecular complexity index is 834. The van der Waals surface area contributed by atoms with Gasteiger partial charge in [-0.15, -0.1) is 0 Å². The summed E-state index contributed by atoms with van der Waals surface area (Å²) in [6.07, 6.45) is 3.24. The molecule has 7 heteroatoms. The quantitative estimate of drug-likeness (QED) is 0.717. The van der Waals surface area contributed by atoms with Gasteiger partial charge in [0.2, 0.25) is 0 Å². The number of hydrogen-bond donors (Lipinski definition) is 3. The maximum Gasteiger partial charge on any atom is 0.325 e. The molecule has 3 rings (SSSR count). The van der Waals surface area contributed by atoms with Gasteiger partial charge >= 0.3 is 5.97 Å². The summed E-state index contributed by atoms with van der Waals surface area (Å²) in [6.45, 7) is -0.513. The summed E-state index contributed by atoms with van der Waals surface area (Å²) in [5.74, 6) is -2.27. The van der Waals surface area contributed by atoms with E-state index in [0.717, 1.165) is 5.56 Å². The molecule has 1 fully saturated rings. The molecule has 1 amide bonds. The molecule has 1 aromatic carbocycles. The molecule has 1 aromatic heterocycles. The molecule has 2 unspecified atom stereocenters. The first-order chi connectivity index (χ1) is 12.1. The first-order valence-corrected chi connectivity index (χ1v) is 7.68. The van der Waals surface area contributed by atoms with E-state index < -0.39 is 30.4 Å². The van der Waals surface area contributed by atoms with Crippen molar-refractivity contribution in [2.24, 2.45) is 10.9 Å². The molecule has 0 bridgehead atoms. The van der Waals surface area contributed by atoms with Gasteiger partial charge in [0.1, 0.15) is 12.3 Å². The Morgan fingerprint density at radius 1 is 1.24 bits per heavy atom. The molecular formula is C18H16N4O3. The third-order valence-corrected chi connectivity index (χ3v) is 3.97. The van der Waals surface area contributed by atoms with Crippen molar-refractivity contribution in [3.63, 3.8) is 0 Å². The summed E-state index contributed by atoms with van der Waals surface area (Å²) in [6, 6.07) is 12.1. The summed E-state index contributed by atoms with van der Waals surface area (Å²) < 4.78 is 0. The van der Waals surface area contributed by atoms with Gasteiger partial charge in [-0.25, -0.2) is 0 Å². The van der Waals surface area contributed by atoms with Gasteiger partial charge in [-0.1, -0.05) is 36.4 Å². The second-order valence-electron chi connectivity index (χ2n) is 5.59. The fraction of sp³-hybridized carbons (Fsp3) is 0.167. The van der Waals surface area contributed by atoms with Crippen LogP contribution in [0, 0.1) is 11.3 Å². The second kappa shape index (κ2) is 7.04. The number of nitrogens with one attached hydrogen (secondary N) is 2. The van der Waals surface area contributed by atoms with Crippen molar-refractivity contribution in [1.29, 1.82) is 5.41 Å². The normalized spacial score (nSPS) is 21.1. The van der Waals surface area contributed by atoms with Crippen molar-refractivity contribution >= 4 is 23.3 Å². The molecule has 0 aliphatic carbocycles. The van der Waals surface area contributed by atoms with Crippen LogP contribution in [-0.2, 0) is 9.59 Å². The van der Waals surface area contributed by atoms with Crippen LogP contribution < -0.4 is 5.32 Å². The molecule has 126 valence electrons. The number of aromatic nitrogens is 1. The van der Waals surface area contributed by atoms with Crippen molar-refractivity contribution in [3.8, 4) is 0 Å². The van der Waals surface area contributed by atoms with Crippen LogP contribution in [0.1, 0.15) is 17.2 Å². The molecule has 0 spiro atoms. The summed E-state index contributed by atoms with van der Waals surface area (Å²) in [5.41, 5.74) is 1.66. The zero-order valence-electron chi connectivity index (χ0n) is 13.2. The van der Waals surface area contributed by atoms with Crippen LogP contribution in [0.25, 0.3) is 0 Å². The topological polar surface area (TPSA) is 116 Å². The van der Waals surface area contributed by atoms with Gasteiger partial charge in [0, 0.05) is 12.4 Å². The van der Waals surface area contributed by atoms with Gasteiger partial charge < -0.3 is 15.8 Å². The Morgan fingerprint density at radius 3 is 2.64 bits per heavy atom. The summed E-state index contributed by atoms with van der Waals surface area (Å²) in [5, 5.41) is 20.3. The lowest BCUT2D eigenvalue weighted by Gasteiger charge is -2.20. The van der Waals surface area contributed by atoms with Gasteiger partial charge in [0.15, 0.2) is 0 Å². The Balaban J connectivity index is 2.04. The lowest BCUT2D eigenvalue weighted by molar-refractivity contribution is -0.135. The number of carbonyl (C=O) groups excluding carboxylic acids is 1. The predicted octanol–water partition coefficient (Wildman–Crippen LogP) is 1.46. The Kier molecular flexibility index (Phi) is 4.65. The minimum absolute atomic E-state index is 0.0603. The van der Waals surface area contributed by atoms with E-state index in [4.69, 9.17) is 10.5 Å². The van der Waals surface area contributed by atoms with E-state index in [1.807, 2.05) is 12.1 Å². The molecular weight excluding hydrogens is 320 g/mol. The number of carboxylic acids is 1. The first kappa shape index (κ1) is 16.5. The lowest BCUT2D eigenvalue weighted by Crippen LogP contribution is -2.27. The van der Waals surface area contributed by atoms with Gasteiger partial charge in [0.25, 0.3) is 5.91 Å². The van der Waals surface area contributed by atoms with E-state index in [1.165, 1.54) is 0 Å². The molecule has 3 N–H and O–H groups in total. The van der Waals surface area contributed by atoms with Crippen molar-refractivity contribution in [2.45, 2.75) is 6.04 Å². The van der Waals surface area contributed by atoms with Gasteiger partial charge in [-0.05, 0) is 17.2 Å².